The van der Waals surface area contributed by atoms with Gasteiger partial charge in [-0.1, -0.05) is 0 Å². The first-order valence-electron chi connectivity index (χ1n) is 7.62. The van der Waals surface area contributed by atoms with Crippen molar-refractivity contribution in [3.63, 3.8) is 0 Å². The highest BCUT2D eigenvalue weighted by Crippen LogP contribution is 2.27. The Balaban J connectivity index is 1.59. The number of halogens is 2. The van der Waals surface area contributed by atoms with Crippen LogP contribution in [0.1, 0.15) is 24.7 Å². The lowest BCUT2D eigenvalue weighted by Crippen LogP contribution is -2.15. The standard InChI is InChI=1S/C16H14F2N4O2/c17-12-3-4-14(13(18)6-12)22-8-11(7-19-22)16-21-20-15(24-16)10-2-1-5-23-9-10/h3-4,6-8,10H,1-2,5,9H2. The van der Waals surface area contributed by atoms with Crippen molar-refractivity contribution in [2.45, 2.75) is 18.8 Å². The lowest BCUT2D eigenvalue weighted by molar-refractivity contribution is 0.0727. The van der Waals surface area contributed by atoms with Crippen LogP contribution in [0.15, 0.2) is 35.0 Å². The van der Waals surface area contributed by atoms with Crippen LogP contribution >= 0.6 is 0 Å². The summed E-state index contributed by atoms with van der Waals surface area (Å²) in [6.07, 6.45) is 4.97. The van der Waals surface area contributed by atoms with Crippen molar-refractivity contribution in [3.8, 4) is 17.1 Å². The third-order valence-electron chi connectivity index (χ3n) is 3.94. The quantitative estimate of drug-likeness (QED) is 0.737. The van der Waals surface area contributed by atoms with Gasteiger partial charge in [0.25, 0.3) is 5.89 Å². The highest BCUT2D eigenvalue weighted by atomic mass is 19.1. The van der Waals surface area contributed by atoms with Gasteiger partial charge in [-0.05, 0) is 25.0 Å². The zero-order valence-electron chi connectivity index (χ0n) is 12.7. The molecule has 1 saturated heterocycles. The van der Waals surface area contributed by atoms with Crippen LogP contribution in [-0.2, 0) is 4.74 Å². The van der Waals surface area contributed by atoms with E-state index in [1.165, 1.54) is 23.0 Å². The average Bonchev–Trinajstić information content (AvgIpc) is 3.25. The van der Waals surface area contributed by atoms with Gasteiger partial charge in [0.05, 0.1) is 24.3 Å². The normalized spacial score (nSPS) is 18.0. The summed E-state index contributed by atoms with van der Waals surface area (Å²) >= 11 is 0. The molecule has 1 aliphatic heterocycles. The molecule has 6 nitrogen and oxygen atoms in total. The topological polar surface area (TPSA) is 66.0 Å². The van der Waals surface area contributed by atoms with Gasteiger partial charge < -0.3 is 9.15 Å². The predicted octanol–water partition coefficient (Wildman–Crippen LogP) is 3.09. The predicted molar refractivity (Wildman–Crippen MR) is 79.6 cm³/mol. The molecule has 0 N–H and O–H groups in total. The summed E-state index contributed by atoms with van der Waals surface area (Å²) in [7, 11) is 0. The Kier molecular flexibility index (Phi) is 3.81. The van der Waals surface area contributed by atoms with Crippen molar-refractivity contribution >= 4 is 0 Å². The minimum atomic E-state index is -0.699. The van der Waals surface area contributed by atoms with Crippen LogP contribution in [0.3, 0.4) is 0 Å². The zero-order chi connectivity index (χ0) is 16.5. The van der Waals surface area contributed by atoms with Gasteiger partial charge >= 0.3 is 0 Å². The van der Waals surface area contributed by atoms with Gasteiger partial charge in [-0.3, -0.25) is 0 Å². The minimum Gasteiger partial charge on any atom is -0.420 e. The summed E-state index contributed by atoms with van der Waals surface area (Å²) < 4.78 is 39.2. The molecule has 0 aliphatic carbocycles. The van der Waals surface area contributed by atoms with E-state index < -0.39 is 11.6 Å². The maximum atomic E-state index is 13.8. The number of hydrogen-bond acceptors (Lipinski definition) is 5. The Hall–Kier alpha value is -2.61. The number of rotatable bonds is 3. The van der Waals surface area contributed by atoms with E-state index >= 15 is 0 Å². The van der Waals surface area contributed by atoms with Crippen molar-refractivity contribution in [1.29, 1.82) is 0 Å². The molecule has 2 aromatic heterocycles. The second-order valence-electron chi connectivity index (χ2n) is 5.63. The number of nitrogens with zero attached hydrogens (tertiary/aromatic N) is 4. The van der Waals surface area contributed by atoms with E-state index in [-0.39, 0.29) is 11.6 Å². The van der Waals surface area contributed by atoms with E-state index in [9.17, 15) is 8.78 Å². The highest BCUT2D eigenvalue weighted by molar-refractivity contribution is 5.51. The van der Waals surface area contributed by atoms with Crippen LogP contribution in [0, 0.1) is 11.6 Å². The fraction of sp³-hybridized carbons (Fsp3) is 0.312. The van der Waals surface area contributed by atoms with Crippen LogP contribution < -0.4 is 0 Å². The molecule has 0 radical (unpaired) electrons. The lowest BCUT2D eigenvalue weighted by atomic mass is 10.0. The Morgan fingerprint density at radius 1 is 1.21 bits per heavy atom. The van der Waals surface area contributed by atoms with Crippen molar-refractivity contribution in [2.75, 3.05) is 13.2 Å². The van der Waals surface area contributed by atoms with Crippen LogP contribution in [0.2, 0.25) is 0 Å². The second-order valence-corrected chi connectivity index (χ2v) is 5.63. The summed E-state index contributed by atoms with van der Waals surface area (Å²) in [6, 6.07) is 3.30. The third-order valence-corrected chi connectivity index (χ3v) is 3.94. The van der Waals surface area contributed by atoms with Gasteiger partial charge in [0.15, 0.2) is 5.82 Å². The van der Waals surface area contributed by atoms with Gasteiger partial charge in [-0.25, -0.2) is 13.5 Å². The van der Waals surface area contributed by atoms with Crippen molar-refractivity contribution in [3.05, 3.63) is 48.1 Å². The Morgan fingerprint density at radius 3 is 2.92 bits per heavy atom. The van der Waals surface area contributed by atoms with Crippen LogP contribution in [0.5, 0.6) is 0 Å². The maximum absolute atomic E-state index is 13.8. The molecular formula is C16H14F2N4O2. The van der Waals surface area contributed by atoms with Gasteiger partial charge in [0.2, 0.25) is 5.89 Å². The summed E-state index contributed by atoms with van der Waals surface area (Å²) in [6.45, 7) is 1.33. The van der Waals surface area contributed by atoms with Gasteiger partial charge in [0.1, 0.15) is 11.5 Å². The first-order chi connectivity index (χ1) is 11.7. The molecule has 0 amide bonds. The molecule has 8 heteroatoms. The third kappa shape index (κ3) is 2.80. The molecule has 3 aromatic rings. The molecule has 1 fully saturated rings. The first kappa shape index (κ1) is 14.9. The van der Waals surface area contributed by atoms with Crippen molar-refractivity contribution < 1.29 is 17.9 Å². The van der Waals surface area contributed by atoms with Crippen molar-refractivity contribution in [1.82, 2.24) is 20.0 Å². The molecule has 1 atom stereocenters. The van der Waals surface area contributed by atoms with E-state index in [0.29, 0.717) is 24.0 Å². The van der Waals surface area contributed by atoms with E-state index in [2.05, 4.69) is 15.3 Å². The SMILES string of the molecule is Fc1ccc(-n2cc(-c3nnc(C4CCCOC4)o3)cn2)c(F)c1. The van der Waals surface area contributed by atoms with Gasteiger partial charge in [-0.2, -0.15) is 5.10 Å². The zero-order valence-corrected chi connectivity index (χ0v) is 12.7. The summed E-state index contributed by atoms with van der Waals surface area (Å²) in [5.41, 5.74) is 0.706. The monoisotopic (exact) mass is 332 g/mol. The number of hydrogen-bond donors (Lipinski definition) is 0. The van der Waals surface area contributed by atoms with Crippen molar-refractivity contribution in [2.24, 2.45) is 0 Å². The Morgan fingerprint density at radius 2 is 2.12 bits per heavy atom. The Labute approximate surface area is 136 Å². The van der Waals surface area contributed by atoms with E-state index in [0.717, 1.165) is 25.5 Å². The molecule has 0 spiro atoms. The molecule has 1 aromatic carbocycles. The molecule has 24 heavy (non-hydrogen) atoms. The maximum Gasteiger partial charge on any atom is 0.250 e. The first-order valence-corrected chi connectivity index (χ1v) is 7.62. The summed E-state index contributed by atoms with van der Waals surface area (Å²) in [5.74, 6) is -0.394. The Bertz CT molecular complexity index is 855. The number of benzene rings is 1. The van der Waals surface area contributed by atoms with Crippen LogP contribution in [0.4, 0.5) is 8.78 Å². The molecular weight excluding hydrogens is 318 g/mol. The van der Waals surface area contributed by atoms with E-state index in [1.807, 2.05) is 0 Å². The fourth-order valence-electron chi connectivity index (χ4n) is 2.68. The van der Waals surface area contributed by atoms with E-state index in [1.54, 1.807) is 6.20 Å². The lowest BCUT2D eigenvalue weighted by Gasteiger charge is -2.18. The van der Waals surface area contributed by atoms with Gasteiger partial charge in [-0.15, -0.1) is 10.2 Å². The molecule has 0 saturated carbocycles. The van der Waals surface area contributed by atoms with Crippen LogP contribution in [-0.4, -0.2) is 33.2 Å². The largest absolute Gasteiger partial charge is 0.420 e. The minimum absolute atomic E-state index is 0.101. The fourth-order valence-corrected chi connectivity index (χ4v) is 2.68. The van der Waals surface area contributed by atoms with Crippen LogP contribution in [0.25, 0.3) is 17.1 Å². The second kappa shape index (κ2) is 6.12. The molecule has 3 heterocycles. The average molecular weight is 332 g/mol. The molecule has 1 aliphatic rings. The molecule has 4 rings (SSSR count). The molecule has 124 valence electrons. The van der Waals surface area contributed by atoms with E-state index in [4.69, 9.17) is 9.15 Å². The van der Waals surface area contributed by atoms with Gasteiger partial charge in [0, 0.05) is 18.9 Å². The molecule has 0 bridgehead atoms. The molecule has 1 unspecified atom stereocenters. The summed E-state index contributed by atoms with van der Waals surface area (Å²) in [5, 5.41) is 12.2. The summed E-state index contributed by atoms with van der Waals surface area (Å²) in [4.78, 5) is 0. The highest BCUT2D eigenvalue weighted by Gasteiger charge is 2.22. The number of aromatic nitrogens is 4. The smallest absolute Gasteiger partial charge is 0.250 e. The number of ether oxygens (including phenoxy) is 1.